The van der Waals surface area contributed by atoms with Gasteiger partial charge in [0.1, 0.15) is 22.7 Å². The summed E-state index contributed by atoms with van der Waals surface area (Å²) in [4.78, 5) is 19.7. The summed E-state index contributed by atoms with van der Waals surface area (Å²) in [5.41, 5.74) is 2.72. The molecule has 5 heterocycles. The minimum atomic E-state index is -3.41. The zero-order chi connectivity index (χ0) is 23.0. The molecule has 2 fully saturated rings. The number of aromatic amines is 1. The lowest BCUT2D eigenvalue weighted by Gasteiger charge is -2.45. The second-order valence-corrected chi connectivity index (χ2v) is 11.4. The zero-order valence-corrected chi connectivity index (χ0v) is 19.6. The van der Waals surface area contributed by atoms with Gasteiger partial charge in [0.25, 0.3) is 0 Å². The van der Waals surface area contributed by atoms with Crippen LogP contribution in [0.4, 0.5) is 11.5 Å². The van der Waals surface area contributed by atoms with Crippen LogP contribution >= 0.6 is 0 Å². The fourth-order valence-electron chi connectivity index (χ4n) is 5.09. The maximum atomic E-state index is 12.9. The lowest BCUT2D eigenvalue weighted by atomic mass is 10.1. The molecule has 0 radical (unpaired) electrons. The predicted molar refractivity (Wildman–Crippen MR) is 124 cm³/mol. The van der Waals surface area contributed by atoms with Crippen molar-refractivity contribution in [3.63, 3.8) is 0 Å². The van der Waals surface area contributed by atoms with Crippen molar-refractivity contribution in [2.24, 2.45) is 0 Å². The molecule has 0 spiro atoms. The SMILES string of the molecule is CNc1cnc2[nH]ccc2c1-c1nc2c(c(C3(S(C)(=O)=O)CC3)n1)OCC1COC[C@@H](C)N21. The molecular weight excluding hydrogens is 444 g/mol. The van der Waals surface area contributed by atoms with Crippen molar-refractivity contribution < 1.29 is 17.9 Å². The van der Waals surface area contributed by atoms with Gasteiger partial charge >= 0.3 is 0 Å². The number of nitrogens with one attached hydrogen (secondary N) is 2. The Hall–Kier alpha value is -2.92. The number of rotatable bonds is 4. The van der Waals surface area contributed by atoms with Crippen molar-refractivity contribution in [3.05, 3.63) is 24.2 Å². The summed E-state index contributed by atoms with van der Waals surface area (Å²) in [5, 5.41) is 4.05. The molecule has 3 aromatic rings. The molecule has 10 nitrogen and oxygen atoms in total. The molecule has 0 bridgehead atoms. The first kappa shape index (κ1) is 20.7. The summed E-state index contributed by atoms with van der Waals surface area (Å²) in [6.45, 7) is 3.60. The van der Waals surface area contributed by atoms with Crippen molar-refractivity contribution in [1.82, 2.24) is 19.9 Å². The number of hydrogen-bond donors (Lipinski definition) is 2. The van der Waals surface area contributed by atoms with Crippen LogP contribution in [0.1, 0.15) is 25.5 Å². The predicted octanol–water partition coefficient (Wildman–Crippen LogP) is 2.08. The maximum absolute atomic E-state index is 12.9. The normalized spacial score (nSPS) is 23.5. The Labute approximate surface area is 191 Å². The van der Waals surface area contributed by atoms with Gasteiger partial charge in [-0.05, 0) is 25.8 Å². The first-order chi connectivity index (χ1) is 15.8. The van der Waals surface area contributed by atoms with Crippen LogP contribution in [0.3, 0.4) is 0 Å². The third-order valence-electron chi connectivity index (χ3n) is 6.97. The first-order valence-corrected chi connectivity index (χ1v) is 13.0. The molecule has 1 saturated heterocycles. The summed E-state index contributed by atoms with van der Waals surface area (Å²) in [7, 11) is -1.59. The molecule has 11 heteroatoms. The van der Waals surface area contributed by atoms with Gasteiger partial charge in [-0.1, -0.05) is 0 Å². The second kappa shape index (κ2) is 7.04. The molecule has 2 atom stereocenters. The van der Waals surface area contributed by atoms with Gasteiger partial charge in [0.15, 0.2) is 27.2 Å². The average molecular weight is 471 g/mol. The molecule has 0 aromatic carbocycles. The van der Waals surface area contributed by atoms with E-state index >= 15 is 0 Å². The van der Waals surface area contributed by atoms with Gasteiger partial charge in [-0.15, -0.1) is 0 Å². The summed E-state index contributed by atoms with van der Waals surface area (Å²) >= 11 is 0. The van der Waals surface area contributed by atoms with E-state index in [4.69, 9.17) is 19.4 Å². The third-order valence-corrected chi connectivity index (χ3v) is 9.00. The third kappa shape index (κ3) is 2.95. The Kier molecular flexibility index (Phi) is 4.41. The molecule has 0 amide bonds. The van der Waals surface area contributed by atoms with E-state index in [0.29, 0.717) is 61.4 Å². The second-order valence-electron chi connectivity index (χ2n) is 9.11. The number of anilines is 2. The van der Waals surface area contributed by atoms with E-state index in [1.807, 2.05) is 19.3 Å². The monoisotopic (exact) mass is 470 g/mol. The summed E-state index contributed by atoms with van der Waals surface area (Å²) in [6.07, 6.45) is 5.88. The van der Waals surface area contributed by atoms with Crippen LogP contribution in [0.2, 0.25) is 0 Å². The van der Waals surface area contributed by atoms with Gasteiger partial charge in [-0.2, -0.15) is 0 Å². The lowest BCUT2D eigenvalue weighted by Crippen LogP contribution is -2.56. The quantitative estimate of drug-likeness (QED) is 0.590. The molecule has 6 rings (SSSR count). The molecule has 1 aliphatic carbocycles. The minimum Gasteiger partial charge on any atom is -0.486 e. The Morgan fingerprint density at radius 2 is 2.06 bits per heavy atom. The molecule has 3 aliphatic rings. The minimum absolute atomic E-state index is 0.0127. The summed E-state index contributed by atoms with van der Waals surface area (Å²) < 4.78 is 36.7. The largest absolute Gasteiger partial charge is 0.486 e. The fraction of sp³-hybridized carbons (Fsp3) is 0.500. The Balaban J connectivity index is 1.66. The van der Waals surface area contributed by atoms with Gasteiger partial charge in [0, 0.05) is 24.9 Å². The smallest absolute Gasteiger partial charge is 0.185 e. The Bertz CT molecular complexity index is 1370. The summed E-state index contributed by atoms with van der Waals surface area (Å²) in [5.74, 6) is 1.58. The Morgan fingerprint density at radius 1 is 1.24 bits per heavy atom. The van der Waals surface area contributed by atoms with Gasteiger partial charge in [0.05, 0.1) is 42.7 Å². The number of morpholine rings is 1. The average Bonchev–Trinajstić information content (AvgIpc) is 3.49. The van der Waals surface area contributed by atoms with E-state index in [2.05, 4.69) is 27.1 Å². The zero-order valence-electron chi connectivity index (χ0n) is 18.8. The fourth-order valence-corrected chi connectivity index (χ4v) is 6.42. The van der Waals surface area contributed by atoms with Gasteiger partial charge in [-0.3, -0.25) is 0 Å². The number of nitrogens with zero attached hydrogens (tertiary/aromatic N) is 4. The van der Waals surface area contributed by atoms with E-state index in [1.165, 1.54) is 6.26 Å². The van der Waals surface area contributed by atoms with Gasteiger partial charge in [-0.25, -0.2) is 23.4 Å². The summed E-state index contributed by atoms with van der Waals surface area (Å²) in [6, 6.07) is 2.02. The molecule has 174 valence electrons. The highest BCUT2D eigenvalue weighted by atomic mass is 32.2. The number of ether oxygens (including phenoxy) is 2. The van der Waals surface area contributed by atoms with Crippen LogP contribution in [-0.2, 0) is 19.3 Å². The van der Waals surface area contributed by atoms with Crippen LogP contribution in [-0.4, -0.2) is 73.6 Å². The number of fused-ring (bicyclic) bond motifs is 4. The van der Waals surface area contributed by atoms with Crippen LogP contribution in [0.15, 0.2) is 18.5 Å². The van der Waals surface area contributed by atoms with E-state index < -0.39 is 14.6 Å². The number of H-pyrrole nitrogens is 1. The molecule has 2 N–H and O–H groups in total. The number of sulfone groups is 1. The van der Waals surface area contributed by atoms with Crippen molar-refractivity contribution in [1.29, 1.82) is 0 Å². The van der Waals surface area contributed by atoms with Crippen LogP contribution in [0.25, 0.3) is 22.4 Å². The molecule has 2 aliphatic heterocycles. The van der Waals surface area contributed by atoms with E-state index in [1.54, 1.807) is 6.20 Å². The highest BCUT2D eigenvalue weighted by Gasteiger charge is 2.58. The van der Waals surface area contributed by atoms with Crippen molar-refractivity contribution in [3.8, 4) is 17.1 Å². The van der Waals surface area contributed by atoms with Gasteiger partial charge < -0.3 is 24.7 Å². The van der Waals surface area contributed by atoms with Gasteiger partial charge in [0.2, 0.25) is 0 Å². The molecule has 1 unspecified atom stereocenters. The van der Waals surface area contributed by atoms with Crippen LogP contribution < -0.4 is 15.0 Å². The van der Waals surface area contributed by atoms with Crippen LogP contribution in [0, 0.1) is 0 Å². The van der Waals surface area contributed by atoms with E-state index in [-0.39, 0.29) is 12.1 Å². The van der Waals surface area contributed by atoms with Crippen molar-refractivity contribution in [2.45, 2.75) is 36.6 Å². The number of hydrogen-bond acceptors (Lipinski definition) is 9. The van der Waals surface area contributed by atoms with E-state index in [0.717, 1.165) is 16.6 Å². The molecule has 33 heavy (non-hydrogen) atoms. The number of pyridine rings is 1. The van der Waals surface area contributed by atoms with E-state index in [9.17, 15) is 8.42 Å². The standard InChI is InChI=1S/C22H26N6O4S/c1-12-9-31-10-13-11-32-17-18(22(5-6-22)33(3,29)30)26-20(27-21(17)28(12)13)16-14-4-7-24-19(14)25-8-15(16)23-2/h4,7-8,12-13,23H,5-6,9-11H2,1-3H3,(H,24,25)/t12-,13?/m1/s1. The highest BCUT2D eigenvalue weighted by molar-refractivity contribution is 7.92. The lowest BCUT2D eigenvalue weighted by molar-refractivity contribution is 0.0483. The molecule has 1 saturated carbocycles. The first-order valence-electron chi connectivity index (χ1n) is 11.1. The van der Waals surface area contributed by atoms with Crippen LogP contribution in [0.5, 0.6) is 5.75 Å². The number of aromatic nitrogens is 4. The highest BCUT2D eigenvalue weighted by Crippen LogP contribution is 2.57. The molecular formula is C22H26N6O4S. The topological polar surface area (TPSA) is 122 Å². The van der Waals surface area contributed by atoms with Crippen molar-refractivity contribution >= 4 is 32.4 Å². The Morgan fingerprint density at radius 3 is 2.79 bits per heavy atom. The molecule has 3 aromatic heterocycles. The maximum Gasteiger partial charge on any atom is 0.185 e. The van der Waals surface area contributed by atoms with Crippen molar-refractivity contribution in [2.75, 3.05) is 43.3 Å².